The van der Waals surface area contributed by atoms with E-state index in [0.717, 1.165) is 12.8 Å². The van der Waals surface area contributed by atoms with Crippen molar-refractivity contribution < 1.29 is 85.5 Å². The number of hydrogen-bond donors (Lipinski definition) is 0. The predicted octanol–water partition coefficient (Wildman–Crippen LogP) is 5.58. The molecule has 9 nitrogen and oxygen atoms in total. The number of rotatable bonds is 10. The average Bonchev–Trinajstić information content (AvgIpc) is 3.03. The van der Waals surface area contributed by atoms with Crippen molar-refractivity contribution in [2.75, 3.05) is 0 Å². The van der Waals surface area contributed by atoms with E-state index in [0.29, 0.717) is 6.88 Å². The van der Waals surface area contributed by atoms with Crippen LogP contribution in [0.25, 0.3) is 0 Å². The fourth-order valence-electron chi connectivity index (χ4n) is 8.37. The summed E-state index contributed by atoms with van der Waals surface area (Å²) < 4.78 is 47.2. The second-order valence-corrected chi connectivity index (χ2v) is 24.6. The Morgan fingerprint density at radius 3 is 1.57 bits per heavy atom. The number of carbonyl (C=O) groups is 2. The van der Waals surface area contributed by atoms with E-state index in [1.807, 2.05) is 0 Å². The molecule has 0 saturated carbocycles. The first kappa shape index (κ1) is 42.1. The molecular weight excluding hydrogens is 888 g/mol. The Hall–Kier alpha value is 2.33. The van der Waals surface area contributed by atoms with Crippen molar-refractivity contribution in [3.63, 3.8) is 0 Å². The Labute approximate surface area is 352 Å². The Morgan fingerprint density at radius 2 is 1.04 bits per heavy atom. The summed E-state index contributed by atoms with van der Waals surface area (Å²) >= 11 is 0.402. The summed E-state index contributed by atoms with van der Waals surface area (Å²) in [5, 5.41) is 0. The maximum atomic E-state index is 13.2. The van der Waals surface area contributed by atoms with E-state index >= 15 is 0 Å². The summed E-state index contributed by atoms with van der Waals surface area (Å²) in [6.45, 7) is 24.9. The van der Waals surface area contributed by atoms with Crippen LogP contribution in [0.2, 0.25) is -0.0546 Å². The molecule has 11 heteroatoms. The fourth-order valence-corrected chi connectivity index (χ4v) is 12.3. The van der Waals surface area contributed by atoms with Crippen molar-refractivity contribution in [2.45, 2.75) is 164 Å². The molecule has 9 unspecified atom stereocenters. The van der Waals surface area contributed by atoms with Crippen LogP contribution in [0.3, 0.4) is 0 Å². The first-order valence-corrected chi connectivity index (χ1v) is 26.2. The molecule has 4 saturated heterocycles. The second-order valence-electron chi connectivity index (χ2n) is 15.8. The summed E-state index contributed by atoms with van der Waals surface area (Å²) in [6, 6.07) is 0. The molecule has 0 bridgehead atoms. The third kappa shape index (κ3) is 9.18. The van der Waals surface area contributed by atoms with E-state index in [-0.39, 0.29) is 175 Å². The summed E-state index contributed by atoms with van der Waals surface area (Å²) in [6.07, 6.45) is -1.53. The molecule has 0 radical (unpaired) electrons. The zero-order valence-corrected chi connectivity index (χ0v) is 44.8. The summed E-state index contributed by atoms with van der Waals surface area (Å²) in [5.74, 6) is 1.18. The van der Waals surface area contributed by atoms with E-state index in [1.165, 1.54) is 0 Å². The normalized spacial score (nSPS) is 51.0. The van der Waals surface area contributed by atoms with E-state index < -0.39 is 37.2 Å². The van der Waals surface area contributed by atoms with Gasteiger partial charge in [0.2, 0.25) is 0 Å². The van der Waals surface area contributed by atoms with Gasteiger partial charge >= 0.3 is 358 Å². The predicted molar refractivity (Wildman–Crippen MR) is 176 cm³/mol. The number of hydrogen-bond acceptors (Lipinski definition) is 9. The number of carbonyl (C=O) groups excluding carboxylic acids is 2. The summed E-state index contributed by atoms with van der Waals surface area (Å²) in [7, 11) is 0. The van der Waals surface area contributed by atoms with Crippen molar-refractivity contribution in [1.82, 2.24) is 0 Å². The molecule has 4 aliphatic rings. The van der Waals surface area contributed by atoms with Gasteiger partial charge in [0.25, 0.3) is 0 Å². The van der Waals surface area contributed by atoms with Gasteiger partial charge in [0.1, 0.15) is 0 Å². The number of Topliss-reactive ketones (excluding diaryl/α,β-unsaturated/α-hetero) is 2. The van der Waals surface area contributed by atoms with Gasteiger partial charge in [-0.1, -0.05) is 0 Å². The minimum absolute atomic E-state index is 0.0122. The van der Waals surface area contributed by atoms with Crippen LogP contribution < -0.4 is 0 Å². The van der Waals surface area contributed by atoms with Gasteiger partial charge in [-0.3, -0.25) is 0 Å². The van der Waals surface area contributed by atoms with Crippen LogP contribution in [0.1, 0.15) is 95.9 Å². The molecule has 0 amide bonds. The molecule has 4 fully saturated rings. The van der Waals surface area contributed by atoms with Gasteiger partial charge in [-0.05, 0) is 0 Å². The molecular formula is C36H61O9RaRb. The fraction of sp³-hybridized carbons (Fsp3) is 0.944. The monoisotopic (exact) mass is 948 g/mol. The Kier molecular flexibility index (Phi) is 16.2. The van der Waals surface area contributed by atoms with Gasteiger partial charge in [-0.2, -0.15) is 0 Å². The number of ether oxygens (including phenoxy) is 7. The van der Waals surface area contributed by atoms with E-state index in [2.05, 4.69) is 69.2 Å². The molecule has 0 aromatic rings. The average molecular weight is 949 g/mol. The molecule has 0 aliphatic carbocycles. The summed E-state index contributed by atoms with van der Waals surface area (Å²) in [5.41, 5.74) is 0. The van der Waals surface area contributed by atoms with Gasteiger partial charge in [0.05, 0.1) is 0 Å². The van der Waals surface area contributed by atoms with Crippen molar-refractivity contribution in [3.8, 4) is 0 Å². The van der Waals surface area contributed by atoms with Crippen LogP contribution in [0, 0.1) is 84.2 Å². The molecule has 262 valence electrons. The molecule has 0 N–H and O–H groups in total. The molecule has 0 spiro atoms. The summed E-state index contributed by atoms with van der Waals surface area (Å²) in [4.78, 5) is 25.6. The Balaban J connectivity index is 1.47. The first-order chi connectivity index (χ1) is 22.0. The Morgan fingerprint density at radius 1 is 0.574 bits per heavy atom. The van der Waals surface area contributed by atoms with E-state index in [9.17, 15) is 9.59 Å². The Bertz CT molecular complexity index is 1060. The van der Waals surface area contributed by atoms with Gasteiger partial charge in [0.15, 0.2) is 0 Å². The molecule has 4 heterocycles. The quantitative estimate of drug-likeness (QED) is 0.278. The zero-order chi connectivity index (χ0) is 35.1. The van der Waals surface area contributed by atoms with Crippen LogP contribution >= 0.6 is 0 Å². The van der Waals surface area contributed by atoms with Crippen LogP contribution in [0.5, 0.6) is 0 Å². The third-order valence-electron chi connectivity index (χ3n) is 13.0. The molecule has 4 rings (SSSR count). The molecule has 47 heavy (non-hydrogen) atoms. The van der Waals surface area contributed by atoms with E-state index in [4.69, 9.17) is 33.2 Å². The van der Waals surface area contributed by atoms with Crippen molar-refractivity contribution in [3.05, 3.63) is 0 Å². The molecule has 20 atom stereocenters. The minimum atomic E-state index is -0.734. The van der Waals surface area contributed by atoms with Crippen LogP contribution in [-0.4, -0.2) is 135 Å². The van der Waals surface area contributed by atoms with Crippen LogP contribution in [-0.2, 0) is 42.7 Å². The topological polar surface area (TPSA) is 98.8 Å². The number of ketones is 2. The van der Waals surface area contributed by atoms with Gasteiger partial charge in [-0.15, -0.1) is 0 Å². The second kappa shape index (κ2) is 18.1. The maximum absolute atomic E-state index is 13.2. The molecule has 4 aliphatic heterocycles. The van der Waals surface area contributed by atoms with Gasteiger partial charge in [-0.25, -0.2) is 0 Å². The van der Waals surface area contributed by atoms with Crippen LogP contribution in [0.15, 0.2) is 0 Å². The van der Waals surface area contributed by atoms with Crippen molar-refractivity contribution >= 4 is 67.1 Å². The van der Waals surface area contributed by atoms with Crippen molar-refractivity contribution in [1.29, 1.82) is 0 Å². The molecule has 0 aromatic carbocycles. The molecule has 0 aromatic heterocycles. The first-order valence-electron chi connectivity index (χ1n) is 18.6. The van der Waals surface area contributed by atoms with Gasteiger partial charge in [0, 0.05) is 0 Å². The third-order valence-corrected chi connectivity index (χ3v) is 25.1. The SMILES string of the molecule is CCC1OC(C)[CH]([RaH])[C@@H](C)[C@@H]1O[C@@H]1OC(C(C)=O)[C@H](O[C@@H]2OC(CC)[C@@H](O[C@@H]3OC(C(C)=O)[C@@H](C)[C@H](C)C3C)[C@H](C)[CH]2[Rb])C(C)[C@@H]1C. The zero-order valence-electron chi connectivity index (χ0n) is 31.6. The van der Waals surface area contributed by atoms with Crippen molar-refractivity contribution in [2.24, 2.45) is 41.4 Å². The van der Waals surface area contributed by atoms with Crippen LogP contribution in [0.4, 0.5) is 0 Å². The standard InChI is InChI=1S/C36H60O9.Ra.Rb.H/c1-13-27-30(17(3)15-19(5)39-27)42-36-24(10)22(8)33(34(45-36)26(12)38)41-29-16-18(4)31(28(14-2)40-29)43-35-23(9)20(6)21(7)32(44-35)25(11)37;;;/h15-24,27-36H,13-14H2,1-12H3;;;/t17-,18-,19?,20+,21+,22?,23?,24+,27?,28?,29+,30+,31+,32?,33-,34?,35-,36-;;;/m1.../s1. The van der Waals surface area contributed by atoms with Gasteiger partial charge < -0.3 is 0 Å². The van der Waals surface area contributed by atoms with E-state index in [1.54, 1.807) is 13.8 Å².